The SMILES string of the molecule is O=C(NCc1cn(C(c2ccccc2)(c2ccccc2)c2ccccc2)cn1)C(F)(F)F. The van der Waals surface area contributed by atoms with Crippen LogP contribution in [-0.2, 0) is 16.9 Å². The Morgan fingerprint density at radius 2 is 1.22 bits per heavy atom. The van der Waals surface area contributed by atoms with Crippen molar-refractivity contribution in [1.29, 1.82) is 0 Å². The second-order valence-electron chi connectivity index (χ2n) is 7.26. The van der Waals surface area contributed by atoms with E-state index in [4.69, 9.17) is 0 Å². The van der Waals surface area contributed by atoms with Gasteiger partial charge in [-0.15, -0.1) is 0 Å². The lowest BCUT2D eigenvalue weighted by atomic mass is 9.77. The molecule has 7 heteroatoms. The Kier molecular flexibility index (Phi) is 5.81. The fourth-order valence-electron chi connectivity index (χ4n) is 3.89. The summed E-state index contributed by atoms with van der Waals surface area (Å²) in [6.07, 6.45) is -1.68. The second-order valence-corrected chi connectivity index (χ2v) is 7.26. The minimum atomic E-state index is -4.94. The highest BCUT2D eigenvalue weighted by atomic mass is 19.4. The summed E-state index contributed by atoms with van der Waals surface area (Å²) >= 11 is 0. The van der Waals surface area contributed by atoms with Gasteiger partial charge in [-0.05, 0) is 16.7 Å². The lowest BCUT2D eigenvalue weighted by Gasteiger charge is -2.37. The molecule has 1 amide bonds. The smallest absolute Gasteiger partial charge is 0.343 e. The van der Waals surface area contributed by atoms with E-state index in [0.29, 0.717) is 5.69 Å². The van der Waals surface area contributed by atoms with Crippen molar-refractivity contribution >= 4 is 5.91 Å². The number of nitrogens with one attached hydrogen (secondary N) is 1. The molecule has 4 nitrogen and oxygen atoms in total. The number of rotatable bonds is 6. The predicted molar refractivity (Wildman–Crippen MR) is 115 cm³/mol. The van der Waals surface area contributed by atoms with Crippen molar-refractivity contribution in [2.75, 3.05) is 0 Å². The maximum absolute atomic E-state index is 12.6. The lowest BCUT2D eigenvalue weighted by Crippen LogP contribution is -2.37. The van der Waals surface area contributed by atoms with Crippen LogP contribution in [0.2, 0.25) is 0 Å². The molecule has 0 unspecified atom stereocenters. The van der Waals surface area contributed by atoms with E-state index in [-0.39, 0.29) is 6.54 Å². The number of amides is 1. The normalized spacial score (nSPS) is 11.8. The van der Waals surface area contributed by atoms with Gasteiger partial charge >= 0.3 is 12.1 Å². The number of nitrogens with zero attached hydrogens (tertiary/aromatic N) is 2. The molecule has 0 aliphatic heterocycles. The Bertz CT molecular complexity index is 1080. The third-order valence-corrected chi connectivity index (χ3v) is 5.29. The Balaban J connectivity index is 1.86. The average Bonchev–Trinajstić information content (AvgIpc) is 3.29. The number of carbonyl (C=O) groups is 1. The van der Waals surface area contributed by atoms with E-state index in [1.807, 2.05) is 101 Å². The molecule has 1 N–H and O–H groups in total. The van der Waals surface area contributed by atoms with Crippen molar-refractivity contribution in [3.8, 4) is 0 Å². The molecule has 0 fully saturated rings. The van der Waals surface area contributed by atoms with Crippen LogP contribution >= 0.6 is 0 Å². The van der Waals surface area contributed by atoms with Crippen LogP contribution < -0.4 is 5.32 Å². The van der Waals surface area contributed by atoms with E-state index < -0.39 is 17.6 Å². The van der Waals surface area contributed by atoms with Crippen LogP contribution in [0.5, 0.6) is 0 Å². The summed E-state index contributed by atoms with van der Waals surface area (Å²) in [4.78, 5) is 15.5. The van der Waals surface area contributed by atoms with Crippen molar-refractivity contribution in [1.82, 2.24) is 14.9 Å². The van der Waals surface area contributed by atoms with Gasteiger partial charge in [-0.3, -0.25) is 4.79 Å². The molecule has 162 valence electrons. The maximum Gasteiger partial charge on any atom is 0.471 e. The number of aromatic nitrogens is 2. The molecule has 0 aliphatic rings. The summed E-state index contributed by atoms with van der Waals surface area (Å²) in [6.45, 7) is -0.334. The summed E-state index contributed by atoms with van der Waals surface area (Å²) in [5.41, 5.74) is 2.38. The number of imidazole rings is 1. The van der Waals surface area contributed by atoms with Crippen molar-refractivity contribution in [3.63, 3.8) is 0 Å². The molecular formula is C25H20F3N3O. The fraction of sp³-hybridized carbons (Fsp3) is 0.120. The third kappa shape index (κ3) is 4.01. The van der Waals surface area contributed by atoms with E-state index >= 15 is 0 Å². The highest BCUT2D eigenvalue weighted by molar-refractivity contribution is 5.81. The van der Waals surface area contributed by atoms with Crippen LogP contribution in [0, 0.1) is 0 Å². The maximum atomic E-state index is 12.6. The van der Waals surface area contributed by atoms with Gasteiger partial charge in [0.2, 0.25) is 0 Å². The molecule has 0 spiro atoms. The zero-order valence-corrected chi connectivity index (χ0v) is 17.0. The molecule has 0 radical (unpaired) electrons. The molecule has 4 rings (SSSR count). The molecule has 4 aromatic rings. The van der Waals surface area contributed by atoms with Crippen LogP contribution in [0.15, 0.2) is 104 Å². The van der Waals surface area contributed by atoms with Crippen LogP contribution in [0.3, 0.4) is 0 Å². The molecule has 0 aliphatic carbocycles. The summed E-state index contributed by atoms with van der Waals surface area (Å²) in [5.74, 6) is -1.99. The predicted octanol–water partition coefficient (Wildman–Crippen LogP) is 4.90. The van der Waals surface area contributed by atoms with E-state index in [2.05, 4.69) is 4.98 Å². The summed E-state index contributed by atoms with van der Waals surface area (Å²) in [6, 6.07) is 29.5. The first-order valence-corrected chi connectivity index (χ1v) is 9.97. The van der Waals surface area contributed by atoms with Crippen LogP contribution in [-0.4, -0.2) is 21.6 Å². The molecule has 32 heavy (non-hydrogen) atoms. The van der Waals surface area contributed by atoms with Crippen LogP contribution in [0.1, 0.15) is 22.4 Å². The Labute approximate surface area is 183 Å². The number of alkyl halides is 3. The van der Waals surface area contributed by atoms with Gasteiger partial charge in [-0.25, -0.2) is 4.98 Å². The van der Waals surface area contributed by atoms with E-state index in [9.17, 15) is 18.0 Å². The first-order chi connectivity index (χ1) is 15.4. The zero-order valence-electron chi connectivity index (χ0n) is 17.0. The molecule has 0 bridgehead atoms. The van der Waals surface area contributed by atoms with Crippen molar-refractivity contribution in [2.45, 2.75) is 18.3 Å². The molecule has 0 saturated carbocycles. The van der Waals surface area contributed by atoms with E-state index in [1.165, 1.54) is 0 Å². The molecular weight excluding hydrogens is 415 g/mol. The standard InChI is InChI=1S/C25H20F3N3O/c26-25(27,28)23(32)29-16-22-17-31(18-30-22)24(19-10-4-1-5-11-19,20-12-6-2-7-13-20)21-14-8-3-9-15-21/h1-15,17-18H,16H2,(H,29,32). The zero-order chi connectivity index (χ0) is 22.6. The Morgan fingerprint density at radius 3 is 1.62 bits per heavy atom. The van der Waals surface area contributed by atoms with Crippen LogP contribution in [0.4, 0.5) is 13.2 Å². The minimum absolute atomic E-state index is 0.315. The minimum Gasteiger partial charge on any atom is -0.343 e. The number of halogens is 3. The van der Waals surface area contributed by atoms with Gasteiger partial charge in [0.05, 0.1) is 18.6 Å². The molecule has 1 heterocycles. The Hall–Kier alpha value is -3.87. The Morgan fingerprint density at radius 1 is 0.781 bits per heavy atom. The third-order valence-electron chi connectivity index (χ3n) is 5.29. The van der Waals surface area contributed by atoms with Gasteiger partial charge in [0, 0.05) is 6.20 Å². The second kappa shape index (κ2) is 8.70. The van der Waals surface area contributed by atoms with Gasteiger partial charge in [0.15, 0.2) is 0 Å². The quantitative estimate of drug-likeness (QED) is 0.438. The first-order valence-electron chi connectivity index (χ1n) is 9.97. The molecule has 0 atom stereocenters. The highest BCUT2D eigenvalue weighted by Crippen LogP contribution is 2.40. The number of hydrogen-bond acceptors (Lipinski definition) is 2. The first kappa shape index (κ1) is 21.4. The van der Waals surface area contributed by atoms with Crippen molar-refractivity contribution in [3.05, 3.63) is 126 Å². The van der Waals surface area contributed by atoms with Crippen molar-refractivity contribution in [2.24, 2.45) is 0 Å². The topological polar surface area (TPSA) is 46.9 Å². The average molecular weight is 435 g/mol. The summed E-state index contributed by atoms with van der Waals surface area (Å²) in [5, 5.41) is 1.88. The van der Waals surface area contributed by atoms with Crippen molar-refractivity contribution < 1.29 is 18.0 Å². The summed E-state index contributed by atoms with van der Waals surface area (Å²) < 4.78 is 39.6. The number of hydrogen-bond donors (Lipinski definition) is 1. The largest absolute Gasteiger partial charge is 0.471 e. The van der Waals surface area contributed by atoms with Gasteiger partial charge in [-0.2, -0.15) is 13.2 Å². The fourth-order valence-corrected chi connectivity index (χ4v) is 3.89. The highest BCUT2D eigenvalue weighted by Gasteiger charge is 2.40. The van der Waals surface area contributed by atoms with Crippen LogP contribution in [0.25, 0.3) is 0 Å². The monoisotopic (exact) mass is 435 g/mol. The number of benzene rings is 3. The van der Waals surface area contributed by atoms with Gasteiger partial charge in [0.25, 0.3) is 0 Å². The lowest BCUT2D eigenvalue weighted by molar-refractivity contribution is -0.173. The van der Waals surface area contributed by atoms with Gasteiger partial charge < -0.3 is 9.88 Å². The molecule has 1 aromatic heterocycles. The summed E-state index contributed by atoms with van der Waals surface area (Å²) in [7, 11) is 0. The van der Waals surface area contributed by atoms with E-state index in [1.54, 1.807) is 12.5 Å². The van der Waals surface area contributed by atoms with E-state index in [0.717, 1.165) is 16.7 Å². The van der Waals surface area contributed by atoms with Gasteiger partial charge in [-0.1, -0.05) is 91.0 Å². The number of carbonyl (C=O) groups excluding carboxylic acids is 1. The van der Waals surface area contributed by atoms with Gasteiger partial charge in [0.1, 0.15) is 5.54 Å². The molecule has 3 aromatic carbocycles. The molecule has 0 saturated heterocycles.